The number of nitrogens with two attached hydrogens (primary N) is 1. The molecule has 0 radical (unpaired) electrons. The summed E-state index contributed by atoms with van der Waals surface area (Å²) in [5.74, 6) is 0.501. The van der Waals surface area contributed by atoms with Crippen LogP contribution in [0.2, 0.25) is 5.02 Å². The van der Waals surface area contributed by atoms with Gasteiger partial charge in [0.1, 0.15) is 0 Å². The second-order valence-corrected chi connectivity index (χ2v) is 5.58. The molecule has 0 aliphatic heterocycles. The predicted molar refractivity (Wildman–Crippen MR) is 76.9 cm³/mol. The lowest BCUT2D eigenvalue weighted by Gasteiger charge is -2.11. The van der Waals surface area contributed by atoms with E-state index in [4.69, 9.17) is 17.3 Å². The molecule has 0 amide bonds. The van der Waals surface area contributed by atoms with E-state index in [2.05, 4.69) is 0 Å². The van der Waals surface area contributed by atoms with Crippen molar-refractivity contribution in [3.8, 4) is 0 Å². The van der Waals surface area contributed by atoms with Gasteiger partial charge in [-0.05, 0) is 29.8 Å². The zero-order valence-corrected chi connectivity index (χ0v) is 11.8. The summed E-state index contributed by atoms with van der Waals surface area (Å²) in [6.07, 6.45) is -4.44. The second-order valence-electron chi connectivity index (χ2n) is 4.13. The summed E-state index contributed by atoms with van der Waals surface area (Å²) < 4.78 is 38.2. The molecular formula is C14H11ClF3NS. The van der Waals surface area contributed by atoms with E-state index in [9.17, 15) is 13.2 Å². The van der Waals surface area contributed by atoms with E-state index in [0.29, 0.717) is 15.7 Å². The molecule has 0 heterocycles. The smallest absolute Gasteiger partial charge is 0.398 e. The summed E-state index contributed by atoms with van der Waals surface area (Å²) >= 11 is 7.29. The minimum absolute atomic E-state index is 0.264. The number of thioether (sulfide) groups is 1. The lowest BCUT2D eigenvalue weighted by Crippen LogP contribution is -2.08. The van der Waals surface area contributed by atoms with Crippen LogP contribution in [0.3, 0.4) is 0 Å². The van der Waals surface area contributed by atoms with Crippen LogP contribution in [0.1, 0.15) is 11.1 Å². The maximum atomic E-state index is 12.7. The van der Waals surface area contributed by atoms with Gasteiger partial charge in [-0.15, -0.1) is 11.8 Å². The maximum Gasteiger partial charge on any atom is 0.418 e. The number of hydrogen-bond donors (Lipinski definition) is 1. The van der Waals surface area contributed by atoms with Crippen molar-refractivity contribution in [2.75, 3.05) is 5.73 Å². The summed E-state index contributed by atoms with van der Waals surface area (Å²) in [6.45, 7) is 0. The maximum absolute atomic E-state index is 12.7. The molecule has 0 aliphatic rings. The van der Waals surface area contributed by atoms with Crippen molar-refractivity contribution in [3.63, 3.8) is 0 Å². The number of alkyl halides is 3. The molecule has 2 aromatic rings. The normalized spacial score (nSPS) is 11.6. The average molecular weight is 318 g/mol. The van der Waals surface area contributed by atoms with Crippen LogP contribution in [0, 0.1) is 0 Å². The van der Waals surface area contributed by atoms with Crippen LogP contribution in [0.15, 0.2) is 47.4 Å². The average Bonchev–Trinajstić information content (AvgIpc) is 2.38. The predicted octanol–water partition coefficient (Wildman–Crippen LogP) is 5.23. The van der Waals surface area contributed by atoms with E-state index in [0.717, 1.165) is 11.6 Å². The van der Waals surface area contributed by atoms with Gasteiger partial charge in [0.2, 0.25) is 0 Å². The zero-order chi connectivity index (χ0) is 14.8. The lowest BCUT2D eigenvalue weighted by molar-refractivity contribution is -0.137. The first-order valence-electron chi connectivity index (χ1n) is 5.71. The Hall–Kier alpha value is -1.33. The molecule has 2 rings (SSSR count). The van der Waals surface area contributed by atoms with Crippen molar-refractivity contribution in [3.05, 3.63) is 58.6 Å². The highest BCUT2D eigenvalue weighted by Gasteiger charge is 2.33. The third-order valence-corrected chi connectivity index (χ3v) is 4.09. The van der Waals surface area contributed by atoms with Crippen LogP contribution in [-0.4, -0.2) is 0 Å². The van der Waals surface area contributed by atoms with Crippen molar-refractivity contribution < 1.29 is 13.2 Å². The Morgan fingerprint density at radius 2 is 1.80 bits per heavy atom. The van der Waals surface area contributed by atoms with E-state index >= 15 is 0 Å². The Labute approximate surface area is 123 Å². The van der Waals surface area contributed by atoms with Gasteiger partial charge in [-0.1, -0.05) is 29.8 Å². The highest BCUT2D eigenvalue weighted by Crippen LogP contribution is 2.37. The molecule has 0 bridgehead atoms. The minimum atomic E-state index is -4.44. The Morgan fingerprint density at radius 3 is 2.45 bits per heavy atom. The number of hydrogen-bond acceptors (Lipinski definition) is 2. The van der Waals surface area contributed by atoms with Gasteiger partial charge in [-0.3, -0.25) is 0 Å². The van der Waals surface area contributed by atoms with Crippen LogP contribution in [0.5, 0.6) is 0 Å². The first-order chi connectivity index (χ1) is 9.38. The van der Waals surface area contributed by atoms with Crippen LogP contribution < -0.4 is 5.73 Å². The van der Waals surface area contributed by atoms with Crippen LogP contribution in [0.25, 0.3) is 0 Å². The molecule has 0 aliphatic carbocycles. The zero-order valence-electron chi connectivity index (χ0n) is 10.2. The van der Waals surface area contributed by atoms with Crippen molar-refractivity contribution in [1.82, 2.24) is 0 Å². The molecular weight excluding hydrogens is 307 g/mol. The molecule has 2 aromatic carbocycles. The van der Waals surface area contributed by atoms with E-state index in [-0.39, 0.29) is 5.69 Å². The molecule has 0 atom stereocenters. The largest absolute Gasteiger partial charge is 0.418 e. The minimum Gasteiger partial charge on any atom is -0.398 e. The standard InChI is InChI=1S/C14H11ClF3NS/c15-12-4-2-1-3-9(12)8-20-10-5-6-13(19)11(7-10)14(16,17)18/h1-7H,8,19H2. The van der Waals surface area contributed by atoms with E-state index in [1.54, 1.807) is 12.1 Å². The molecule has 1 nitrogen and oxygen atoms in total. The number of anilines is 1. The quantitative estimate of drug-likeness (QED) is 0.619. The van der Waals surface area contributed by atoms with Crippen molar-refractivity contribution in [1.29, 1.82) is 0 Å². The fraction of sp³-hybridized carbons (Fsp3) is 0.143. The fourth-order valence-electron chi connectivity index (χ4n) is 1.65. The fourth-order valence-corrected chi connectivity index (χ4v) is 2.87. The third kappa shape index (κ3) is 3.61. The molecule has 0 fully saturated rings. The van der Waals surface area contributed by atoms with Gasteiger partial charge in [0.05, 0.1) is 5.56 Å². The summed E-state index contributed by atoms with van der Waals surface area (Å²) in [4.78, 5) is 0.506. The number of halogens is 4. The molecule has 106 valence electrons. The SMILES string of the molecule is Nc1ccc(SCc2ccccc2Cl)cc1C(F)(F)F. The highest BCUT2D eigenvalue weighted by molar-refractivity contribution is 7.98. The van der Waals surface area contributed by atoms with Gasteiger partial charge in [0.15, 0.2) is 0 Å². The Kier molecular flexibility index (Phi) is 4.50. The number of rotatable bonds is 3. The van der Waals surface area contributed by atoms with E-state index in [1.165, 1.54) is 17.8 Å². The number of nitrogen functional groups attached to an aromatic ring is 1. The first kappa shape index (κ1) is 15.1. The summed E-state index contributed by atoms with van der Waals surface area (Å²) in [7, 11) is 0. The summed E-state index contributed by atoms with van der Waals surface area (Å²) in [6, 6.07) is 11.2. The van der Waals surface area contributed by atoms with Crippen molar-refractivity contribution in [2.24, 2.45) is 0 Å². The topological polar surface area (TPSA) is 26.0 Å². The van der Waals surface area contributed by atoms with Gasteiger partial charge in [-0.2, -0.15) is 13.2 Å². The summed E-state index contributed by atoms with van der Waals surface area (Å²) in [5, 5.41) is 0.603. The van der Waals surface area contributed by atoms with Crippen molar-refractivity contribution >= 4 is 29.1 Å². The third-order valence-electron chi connectivity index (χ3n) is 2.68. The van der Waals surface area contributed by atoms with Gasteiger partial charge in [-0.25, -0.2) is 0 Å². The molecule has 0 saturated carbocycles. The second kappa shape index (κ2) is 5.97. The van der Waals surface area contributed by atoms with Gasteiger partial charge in [0, 0.05) is 21.4 Å². The molecule has 6 heteroatoms. The molecule has 2 N–H and O–H groups in total. The Balaban J connectivity index is 2.17. The molecule has 0 saturated heterocycles. The first-order valence-corrected chi connectivity index (χ1v) is 7.07. The van der Waals surface area contributed by atoms with Crippen LogP contribution in [0.4, 0.5) is 18.9 Å². The van der Waals surface area contributed by atoms with Gasteiger partial charge in [0.25, 0.3) is 0 Å². The molecule has 0 unspecified atom stereocenters. The highest BCUT2D eigenvalue weighted by atomic mass is 35.5. The van der Waals surface area contributed by atoms with Gasteiger partial charge >= 0.3 is 6.18 Å². The molecule has 0 aromatic heterocycles. The summed E-state index contributed by atoms with van der Waals surface area (Å²) in [5.41, 5.74) is 5.17. The Bertz CT molecular complexity index is 614. The monoisotopic (exact) mass is 317 g/mol. The molecule has 20 heavy (non-hydrogen) atoms. The van der Waals surface area contributed by atoms with Crippen LogP contribution in [-0.2, 0) is 11.9 Å². The molecule has 0 spiro atoms. The Morgan fingerprint density at radius 1 is 1.10 bits per heavy atom. The van der Waals surface area contributed by atoms with Gasteiger partial charge < -0.3 is 5.73 Å². The van der Waals surface area contributed by atoms with Crippen molar-refractivity contribution in [2.45, 2.75) is 16.8 Å². The van der Waals surface area contributed by atoms with Crippen LogP contribution >= 0.6 is 23.4 Å². The van der Waals surface area contributed by atoms with E-state index < -0.39 is 11.7 Å². The lowest BCUT2D eigenvalue weighted by atomic mass is 10.2. The van der Waals surface area contributed by atoms with E-state index in [1.807, 2.05) is 18.2 Å². The number of benzene rings is 2.